The molecule has 4 aromatic heterocycles. The Kier molecular flexibility index (Phi) is 5.07. The molecule has 1 aliphatic carbocycles. The first-order chi connectivity index (χ1) is 14.5. The van der Waals surface area contributed by atoms with Crippen LogP contribution < -0.4 is 11.1 Å². The molecule has 0 aromatic carbocycles. The van der Waals surface area contributed by atoms with Crippen molar-refractivity contribution in [2.24, 2.45) is 5.92 Å². The molecule has 0 radical (unpaired) electrons. The van der Waals surface area contributed by atoms with Crippen LogP contribution in [0.4, 0.5) is 0 Å². The van der Waals surface area contributed by atoms with Gasteiger partial charge in [0.05, 0.1) is 11.1 Å². The highest BCUT2D eigenvalue weighted by Gasteiger charge is 2.24. The molecule has 0 saturated heterocycles. The molecule has 0 saturated carbocycles. The number of fused-ring (bicyclic) bond motifs is 4. The molecule has 6 nitrogen and oxygen atoms in total. The zero-order valence-corrected chi connectivity index (χ0v) is 19.5. The minimum Gasteiger partial charge on any atom is -0.287 e. The molecule has 30 heavy (non-hydrogen) atoms. The molecule has 0 bridgehead atoms. The maximum absolute atomic E-state index is 13.3. The normalized spacial score (nSPS) is 16.4. The summed E-state index contributed by atoms with van der Waals surface area (Å²) in [6, 6.07) is 1.58. The number of aryl methyl sites for hydroxylation is 2. The van der Waals surface area contributed by atoms with Crippen LogP contribution in [0.2, 0.25) is 0 Å². The van der Waals surface area contributed by atoms with Crippen molar-refractivity contribution in [3.63, 3.8) is 0 Å². The summed E-state index contributed by atoms with van der Waals surface area (Å²) < 4.78 is 3.39. The maximum atomic E-state index is 13.3. The van der Waals surface area contributed by atoms with Crippen LogP contribution in [0.25, 0.3) is 15.2 Å². The summed E-state index contributed by atoms with van der Waals surface area (Å²) in [5.74, 6) is 1.16. The molecule has 156 valence electrons. The summed E-state index contributed by atoms with van der Waals surface area (Å²) in [5, 5.41) is 3.45. The van der Waals surface area contributed by atoms with Crippen molar-refractivity contribution in [3.8, 4) is 0 Å². The van der Waals surface area contributed by atoms with Gasteiger partial charge in [0.15, 0.2) is 10.1 Å². The van der Waals surface area contributed by atoms with Crippen molar-refractivity contribution in [1.29, 1.82) is 0 Å². The van der Waals surface area contributed by atoms with E-state index in [0.717, 1.165) is 35.2 Å². The lowest BCUT2D eigenvalue weighted by Gasteiger charge is -2.17. The summed E-state index contributed by atoms with van der Waals surface area (Å²) in [6.45, 7) is 6.73. The molecule has 1 unspecified atom stereocenters. The van der Waals surface area contributed by atoms with Crippen LogP contribution in [-0.2, 0) is 25.1 Å². The van der Waals surface area contributed by atoms with Crippen LogP contribution in [-0.4, -0.2) is 18.9 Å². The third kappa shape index (κ3) is 3.23. The van der Waals surface area contributed by atoms with E-state index in [-0.39, 0.29) is 11.1 Å². The number of thiazole rings is 1. The van der Waals surface area contributed by atoms with E-state index in [1.54, 1.807) is 26.4 Å². The zero-order chi connectivity index (χ0) is 21.0. The van der Waals surface area contributed by atoms with E-state index in [2.05, 4.69) is 11.9 Å². The SMILES string of the molecule is CCn1c(SCc2cc(=O)n3c(C)csc3n2)nc2sc3c(c2c1=O)CCC(C)C3. The highest BCUT2D eigenvalue weighted by Crippen LogP contribution is 2.36. The first-order valence-electron chi connectivity index (χ1n) is 10.1. The van der Waals surface area contributed by atoms with Gasteiger partial charge in [0.1, 0.15) is 4.83 Å². The van der Waals surface area contributed by atoms with Gasteiger partial charge in [0.2, 0.25) is 0 Å². The van der Waals surface area contributed by atoms with Crippen molar-refractivity contribution < 1.29 is 0 Å². The summed E-state index contributed by atoms with van der Waals surface area (Å²) >= 11 is 4.62. The van der Waals surface area contributed by atoms with Crippen LogP contribution in [0.5, 0.6) is 0 Å². The molecule has 9 heteroatoms. The largest absolute Gasteiger partial charge is 0.287 e. The predicted octanol–water partition coefficient (Wildman–Crippen LogP) is 4.27. The van der Waals surface area contributed by atoms with E-state index in [1.165, 1.54) is 33.5 Å². The maximum Gasteiger partial charge on any atom is 0.263 e. The fourth-order valence-electron chi connectivity index (χ4n) is 4.11. The molecule has 4 aromatic rings. The Hall–Kier alpha value is -1.97. The van der Waals surface area contributed by atoms with Gasteiger partial charge >= 0.3 is 0 Å². The Morgan fingerprint density at radius 1 is 1.30 bits per heavy atom. The number of thioether (sulfide) groups is 1. The first-order valence-corrected chi connectivity index (χ1v) is 12.8. The minimum absolute atomic E-state index is 0.0642. The second-order valence-electron chi connectivity index (χ2n) is 7.85. The summed E-state index contributed by atoms with van der Waals surface area (Å²) in [4.78, 5) is 38.1. The molecular weight excluding hydrogens is 436 g/mol. The summed E-state index contributed by atoms with van der Waals surface area (Å²) in [6.07, 6.45) is 3.14. The van der Waals surface area contributed by atoms with Crippen LogP contribution in [0.3, 0.4) is 0 Å². The number of nitrogens with zero attached hydrogens (tertiary/aromatic N) is 4. The number of aromatic nitrogens is 4. The summed E-state index contributed by atoms with van der Waals surface area (Å²) in [7, 11) is 0. The molecule has 4 heterocycles. The molecule has 0 amide bonds. The molecule has 5 rings (SSSR count). The van der Waals surface area contributed by atoms with Crippen LogP contribution in [0, 0.1) is 12.8 Å². The second kappa shape index (κ2) is 7.62. The van der Waals surface area contributed by atoms with Gasteiger partial charge < -0.3 is 0 Å². The molecule has 0 N–H and O–H groups in total. The third-order valence-corrected chi connectivity index (χ3v) is 8.78. The Morgan fingerprint density at radius 2 is 2.13 bits per heavy atom. The van der Waals surface area contributed by atoms with E-state index < -0.39 is 0 Å². The van der Waals surface area contributed by atoms with Gasteiger partial charge in [0.25, 0.3) is 11.1 Å². The quantitative estimate of drug-likeness (QED) is 0.337. The molecular formula is C21H22N4O2S3. The second-order valence-corrected chi connectivity index (χ2v) is 10.7. The fraction of sp³-hybridized carbons (Fsp3) is 0.429. The minimum atomic E-state index is -0.0642. The van der Waals surface area contributed by atoms with Crippen LogP contribution in [0.15, 0.2) is 26.2 Å². The number of thiophene rings is 1. The lowest BCUT2D eigenvalue weighted by Crippen LogP contribution is -2.23. The van der Waals surface area contributed by atoms with Gasteiger partial charge in [-0.05, 0) is 44.6 Å². The zero-order valence-electron chi connectivity index (χ0n) is 17.1. The van der Waals surface area contributed by atoms with Crippen molar-refractivity contribution in [3.05, 3.63) is 54.0 Å². The fourth-order valence-corrected chi connectivity index (χ4v) is 7.38. The smallest absolute Gasteiger partial charge is 0.263 e. The van der Waals surface area contributed by atoms with Gasteiger partial charge in [-0.2, -0.15) is 0 Å². The Balaban J connectivity index is 1.53. The third-order valence-electron chi connectivity index (χ3n) is 5.67. The first kappa shape index (κ1) is 20.0. The summed E-state index contributed by atoms with van der Waals surface area (Å²) in [5.41, 5.74) is 2.83. The van der Waals surface area contributed by atoms with Gasteiger partial charge in [-0.25, -0.2) is 9.97 Å². The standard InChI is InChI=1S/C21H22N4O2S3/c1-4-24-19(27)17-14-6-5-11(2)7-15(14)30-18(17)23-20(24)29-10-13-8-16(26)25-12(3)9-28-21(25)22-13/h8-9,11H,4-7,10H2,1-3H3. The average Bonchev–Trinajstić information content (AvgIpc) is 3.26. The van der Waals surface area contributed by atoms with E-state index in [4.69, 9.17) is 4.98 Å². The Labute approximate surface area is 185 Å². The monoisotopic (exact) mass is 458 g/mol. The lowest BCUT2D eigenvalue weighted by atomic mass is 9.89. The number of rotatable bonds is 4. The molecule has 1 atom stereocenters. The van der Waals surface area contributed by atoms with Gasteiger partial charge in [-0.1, -0.05) is 18.7 Å². The van der Waals surface area contributed by atoms with E-state index in [9.17, 15) is 9.59 Å². The van der Waals surface area contributed by atoms with Crippen molar-refractivity contribution >= 4 is 49.6 Å². The Morgan fingerprint density at radius 3 is 2.93 bits per heavy atom. The topological polar surface area (TPSA) is 69.3 Å². The van der Waals surface area contributed by atoms with E-state index in [0.29, 0.717) is 34.0 Å². The molecule has 1 aliphatic rings. The van der Waals surface area contributed by atoms with Crippen LogP contribution >= 0.6 is 34.4 Å². The van der Waals surface area contributed by atoms with Crippen LogP contribution in [0.1, 0.15) is 42.1 Å². The Bertz CT molecular complexity index is 1400. The van der Waals surface area contributed by atoms with Crippen molar-refractivity contribution in [1.82, 2.24) is 18.9 Å². The van der Waals surface area contributed by atoms with E-state index >= 15 is 0 Å². The van der Waals surface area contributed by atoms with Crippen molar-refractivity contribution in [2.75, 3.05) is 0 Å². The predicted molar refractivity (Wildman–Crippen MR) is 124 cm³/mol. The van der Waals surface area contributed by atoms with Gasteiger partial charge in [-0.3, -0.25) is 18.6 Å². The number of hydrogen-bond donors (Lipinski definition) is 0. The molecule has 0 aliphatic heterocycles. The molecule has 0 spiro atoms. The van der Waals surface area contributed by atoms with Gasteiger partial charge in [0, 0.05) is 34.3 Å². The van der Waals surface area contributed by atoms with Crippen molar-refractivity contribution in [2.45, 2.75) is 57.5 Å². The van der Waals surface area contributed by atoms with Gasteiger partial charge in [-0.15, -0.1) is 22.7 Å². The average molecular weight is 459 g/mol. The van der Waals surface area contributed by atoms with E-state index in [1.807, 2.05) is 19.2 Å². The number of hydrogen-bond acceptors (Lipinski definition) is 7. The highest BCUT2D eigenvalue weighted by atomic mass is 32.2. The molecule has 0 fully saturated rings. The lowest BCUT2D eigenvalue weighted by molar-refractivity contribution is 0.509. The highest BCUT2D eigenvalue weighted by molar-refractivity contribution is 7.98.